The number of hydrogen-bond acceptors (Lipinski definition) is 4. The Bertz CT molecular complexity index is 497. The molecule has 4 nitrogen and oxygen atoms in total. The van der Waals surface area contributed by atoms with Crippen LogP contribution in [0.2, 0.25) is 5.02 Å². The molecule has 0 amide bonds. The average Bonchev–Trinajstić information content (AvgIpc) is 2.33. The quantitative estimate of drug-likeness (QED) is 0.640. The van der Waals surface area contributed by atoms with Crippen molar-refractivity contribution in [2.75, 3.05) is 7.11 Å². The third-order valence-corrected chi connectivity index (χ3v) is 3.64. The summed E-state index contributed by atoms with van der Waals surface area (Å²) in [6.07, 6.45) is 1.12. The molecule has 0 saturated carbocycles. The summed E-state index contributed by atoms with van der Waals surface area (Å²) >= 11 is 6.27. The van der Waals surface area contributed by atoms with Gasteiger partial charge in [0.25, 0.3) is 0 Å². The number of aliphatic hydroxyl groups excluding tert-OH is 1. The van der Waals surface area contributed by atoms with Crippen LogP contribution in [-0.4, -0.2) is 23.0 Å². The highest BCUT2D eigenvalue weighted by atomic mass is 35.5. The third kappa shape index (κ3) is 2.23. The van der Waals surface area contributed by atoms with Crippen LogP contribution in [0.1, 0.15) is 41.4 Å². The molecule has 0 unspecified atom stereocenters. The maximum absolute atomic E-state index is 9.35. The summed E-state index contributed by atoms with van der Waals surface area (Å²) in [6, 6.07) is 1.72. The lowest BCUT2D eigenvalue weighted by molar-refractivity contribution is -0.0424. The number of halogens is 1. The fourth-order valence-corrected chi connectivity index (χ4v) is 2.80. The van der Waals surface area contributed by atoms with Gasteiger partial charge in [-0.1, -0.05) is 16.8 Å². The van der Waals surface area contributed by atoms with Crippen LogP contribution in [0.25, 0.3) is 0 Å². The van der Waals surface area contributed by atoms with Crippen LogP contribution < -0.4 is 0 Å². The van der Waals surface area contributed by atoms with Crippen molar-refractivity contribution in [3.05, 3.63) is 33.3 Å². The fourth-order valence-electron chi connectivity index (χ4n) is 2.43. The molecule has 18 heavy (non-hydrogen) atoms. The molecule has 0 bridgehead atoms. The second kappa shape index (κ2) is 5.26. The van der Waals surface area contributed by atoms with Crippen molar-refractivity contribution < 1.29 is 15.1 Å². The highest BCUT2D eigenvalue weighted by molar-refractivity contribution is 6.35. The van der Waals surface area contributed by atoms with Crippen molar-refractivity contribution >= 4 is 17.3 Å². The summed E-state index contributed by atoms with van der Waals surface area (Å²) in [5, 5.41) is 23.1. The summed E-state index contributed by atoms with van der Waals surface area (Å²) in [5.41, 5.74) is 4.01. The average molecular weight is 270 g/mol. The lowest BCUT2D eigenvalue weighted by atomic mass is 9.85. The molecule has 0 atom stereocenters. The minimum absolute atomic E-state index is 0.318. The zero-order valence-electron chi connectivity index (χ0n) is 10.4. The third-order valence-electron chi connectivity index (χ3n) is 3.23. The molecule has 0 spiro atoms. The van der Waals surface area contributed by atoms with Gasteiger partial charge < -0.3 is 15.1 Å². The molecule has 0 aliphatic heterocycles. The van der Waals surface area contributed by atoms with Crippen molar-refractivity contribution in [2.24, 2.45) is 5.16 Å². The molecule has 1 aliphatic rings. The standard InChI is InChI=1S/C13H16ClNO3/c1-7-6-9(13(16)17)12(14)11-8(7)4-3-5-10(11)15-18-2/h6,13,16-17H,3-5H2,1-2H3/b15-10-. The largest absolute Gasteiger partial charge is 0.399 e. The van der Waals surface area contributed by atoms with Gasteiger partial charge in [0, 0.05) is 11.1 Å². The van der Waals surface area contributed by atoms with Crippen LogP contribution >= 0.6 is 11.6 Å². The summed E-state index contributed by atoms with van der Waals surface area (Å²) in [4.78, 5) is 4.84. The molecule has 5 heteroatoms. The van der Waals surface area contributed by atoms with E-state index in [1.54, 1.807) is 6.07 Å². The Hall–Kier alpha value is -1.10. The topological polar surface area (TPSA) is 62.0 Å². The van der Waals surface area contributed by atoms with Gasteiger partial charge in [0.1, 0.15) is 7.11 Å². The minimum Gasteiger partial charge on any atom is -0.399 e. The Balaban J connectivity index is 2.68. The van der Waals surface area contributed by atoms with Gasteiger partial charge in [0.15, 0.2) is 6.29 Å². The molecular formula is C13H16ClNO3. The zero-order valence-corrected chi connectivity index (χ0v) is 11.2. The van der Waals surface area contributed by atoms with E-state index in [1.165, 1.54) is 7.11 Å². The van der Waals surface area contributed by atoms with Crippen molar-refractivity contribution in [1.29, 1.82) is 0 Å². The highest BCUT2D eigenvalue weighted by Crippen LogP contribution is 2.35. The van der Waals surface area contributed by atoms with Crippen LogP contribution in [-0.2, 0) is 11.3 Å². The first-order valence-electron chi connectivity index (χ1n) is 5.84. The Kier molecular flexibility index (Phi) is 3.90. The number of fused-ring (bicyclic) bond motifs is 1. The Morgan fingerprint density at radius 2 is 2.11 bits per heavy atom. The SMILES string of the molecule is CO/N=C1/CCCc2c(C)cc(C(O)O)c(Cl)c21. The zero-order chi connectivity index (χ0) is 13.3. The molecule has 1 aromatic carbocycles. The van der Waals surface area contributed by atoms with E-state index in [0.717, 1.165) is 41.7 Å². The number of oxime groups is 1. The van der Waals surface area contributed by atoms with Gasteiger partial charge in [-0.25, -0.2) is 0 Å². The molecular weight excluding hydrogens is 254 g/mol. The molecule has 98 valence electrons. The first-order valence-corrected chi connectivity index (χ1v) is 6.22. The lowest BCUT2D eigenvalue weighted by Gasteiger charge is -2.23. The molecule has 0 heterocycles. The second-order valence-corrected chi connectivity index (χ2v) is 4.78. The summed E-state index contributed by atoms with van der Waals surface area (Å²) in [6.45, 7) is 1.94. The molecule has 1 aromatic rings. The number of benzene rings is 1. The van der Waals surface area contributed by atoms with Gasteiger partial charge in [0.2, 0.25) is 0 Å². The van der Waals surface area contributed by atoms with E-state index in [1.807, 2.05) is 6.92 Å². The normalized spacial score (nSPS) is 17.1. The Morgan fingerprint density at radius 1 is 1.39 bits per heavy atom. The summed E-state index contributed by atoms with van der Waals surface area (Å²) in [5.74, 6) is 0. The van der Waals surface area contributed by atoms with Gasteiger partial charge >= 0.3 is 0 Å². The van der Waals surface area contributed by atoms with Crippen LogP contribution in [0.15, 0.2) is 11.2 Å². The number of aliphatic hydroxyl groups is 2. The Labute approximate surface area is 111 Å². The minimum atomic E-state index is -1.58. The van der Waals surface area contributed by atoms with E-state index < -0.39 is 6.29 Å². The van der Waals surface area contributed by atoms with E-state index in [9.17, 15) is 10.2 Å². The first-order chi connectivity index (χ1) is 8.56. The van der Waals surface area contributed by atoms with Gasteiger partial charge in [-0.15, -0.1) is 0 Å². The molecule has 0 aromatic heterocycles. The van der Waals surface area contributed by atoms with Crippen LogP contribution in [0, 0.1) is 6.92 Å². The smallest absolute Gasteiger partial charge is 0.179 e. The molecule has 0 radical (unpaired) electrons. The van der Waals surface area contributed by atoms with E-state index in [2.05, 4.69) is 5.16 Å². The Morgan fingerprint density at radius 3 is 2.72 bits per heavy atom. The number of hydrogen-bond donors (Lipinski definition) is 2. The van der Waals surface area contributed by atoms with E-state index >= 15 is 0 Å². The molecule has 0 saturated heterocycles. The molecule has 1 aliphatic carbocycles. The van der Waals surface area contributed by atoms with Gasteiger partial charge in [0.05, 0.1) is 10.7 Å². The van der Waals surface area contributed by atoms with Crippen molar-refractivity contribution in [3.63, 3.8) is 0 Å². The van der Waals surface area contributed by atoms with Gasteiger partial charge in [-0.2, -0.15) is 0 Å². The number of nitrogens with zero attached hydrogens (tertiary/aromatic N) is 1. The second-order valence-electron chi connectivity index (χ2n) is 4.40. The molecule has 2 rings (SSSR count). The molecule has 2 N–H and O–H groups in total. The highest BCUT2D eigenvalue weighted by Gasteiger charge is 2.25. The van der Waals surface area contributed by atoms with Crippen LogP contribution in [0.5, 0.6) is 0 Å². The molecule has 0 fully saturated rings. The summed E-state index contributed by atoms with van der Waals surface area (Å²) in [7, 11) is 1.49. The van der Waals surface area contributed by atoms with E-state index in [-0.39, 0.29) is 0 Å². The predicted molar refractivity (Wildman–Crippen MR) is 69.9 cm³/mol. The van der Waals surface area contributed by atoms with Gasteiger partial charge in [-0.05, 0) is 43.4 Å². The fraction of sp³-hybridized carbons (Fsp3) is 0.462. The van der Waals surface area contributed by atoms with Crippen molar-refractivity contribution in [1.82, 2.24) is 0 Å². The first kappa shape index (κ1) is 13.3. The van der Waals surface area contributed by atoms with Gasteiger partial charge in [-0.3, -0.25) is 0 Å². The monoisotopic (exact) mass is 269 g/mol. The number of aryl methyl sites for hydroxylation is 1. The summed E-state index contributed by atoms with van der Waals surface area (Å²) < 4.78 is 0. The maximum Gasteiger partial charge on any atom is 0.179 e. The van der Waals surface area contributed by atoms with Crippen LogP contribution in [0.4, 0.5) is 0 Å². The van der Waals surface area contributed by atoms with Crippen LogP contribution in [0.3, 0.4) is 0 Å². The van der Waals surface area contributed by atoms with E-state index in [4.69, 9.17) is 16.4 Å². The lowest BCUT2D eigenvalue weighted by Crippen LogP contribution is -2.16. The predicted octanol–water partition coefficient (Wildman–Crippen LogP) is 2.32. The van der Waals surface area contributed by atoms with Crippen molar-refractivity contribution in [3.8, 4) is 0 Å². The maximum atomic E-state index is 9.35. The van der Waals surface area contributed by atoms with E-state index in [0.29, 0.717) is 10.6 Å². The van der Waals surface area contributed by atoms with Crippen molar-refractivity contribution in [2.45, 2.75) is 32.5 Å². The number of rotatable bonds is 2.